The van der Waals surface area contributed by atoms with Crippen LogP contribution in [0.2, 0.25) is 0 Å². The lowest BCUT2D eigenvalue weighted by atomic mass is 10.0. The minimum absolute atomic E-state index is 0.0721. The van der Waals surface area contributed by atoms with Gasteiger partial charge in [-0.05, 0) is 0 Å². The monoisotopic (exact) mass is 162 g/mol. The van der Waals surface area contributed by atoms with Crippen LogP contribution in [0.5, 0.6) is 0 Å². The fourth-order valence-electron chi connectivity index (χ4n) is 1.30. The van der Waals surface area contributed by atoms with Crippen molar-refractivity contribution in [3.05, 3.63) is 0 Å². The summed E-state index contributed by atoms with van der Waals surface area (Å²) in [5, 5.41) is 18.1. The summed E-state index contributed by atoms with van der Waals surface area (Å²) in [4.78, 5) is 0. The first-order chi connectivity index (χ1) is 5.20. The van der Waals surface area contributed by atoms with Crippen molar-refractivity contribution in [3.8, 4) is 0 Å². The van der Waals surface area contributed by atoms with E-state index in [-0.39, 0.29) is 18.8 Å². The number of aliphatic hydroxyl groups is 2. The van der Waals surface area contributed by atoms with E-state index in [1.807, 2.05) is 6.92 Å². The summed E-state index contributed by atoms with van der Waals surface area (Å²) in [7, 11) is 1.52. The second-order valence-corrected chi connectivity index (χ2v) is 2.81. The number of hydrogen-bond donors (Lipinski definition) is 2. The first kappa shape index (κ1) is 8.93. The fraction of sp³-hybridized carbons (Fsp3) is 1.00. The van der Waals surface area contributed by atoms with Crippen molar-refractivity contribution >= 4 is 0 Å². The minimum atomic E-state index is -0.620. The Kier molecular flexibility index (Phi) is 2.84. The largest absolute Gasteiger partial charge is 0.394 e. The van der Waals surface area contributed by atoms with Crippen molar-refractivity contribution in [2.75, 3.05) is 13.7 Å². The SMILES string of the molecule is CO[C@H]1O[C@H](CO)[C@@H](O)[C@@H]1C. The van der Waals surface area contributed by atoms with Crippen molar-refractivity contribution in [2.45, 2.75) is 25.4 Å². The van der Waals surface area contributed by atoms with Gasteiger partial charge in [0.2, 0.25) is 0 Å². The lowest BCUT2D eigenvalue weighted by molar-refractivity contribution is -0.137. The predicted octanol–water partition coefficient (Wildman–Crippen LogP) is -0.653. The highest BCUT2D eigenvalue weighted by Crippen LogP contribution is 2.26. The van der Waals surface area contributed by atoms with Gasteiger partial charge in [-0.25, -0.2) is 0 Å². The molecule has 1 aliphatic rings. The topological polar surface area (TPSA) is 58.9 Å². The molecule has 1 aliphatic heterocycles. The van der Waals surface area contributed by atoms with E-state index in [0.29, 0.717) is 0 Å². The molecule has 4 atom stereocenters. The zero-order valence-corrected chi connectivity index (χ0v) is 6.73. The van der Waals surface area contributed by atoms with Gasteiger partial charge in [-0.1, -0.05) is 6.92 Å². The van der Waals surface area contributed by atoms with Gasteiger partial charge >= 0.3 is 0 Å². The van der Waals surface area contributed by atoms with Crippen molar-refractivity contribution in [1.82, 2.24) is 0 Å². The number of rotatable bonds is 2. The van der Waals surface area contributed by atoms with Crippen LogP contribution in [0.15, 0.2) is 0 Å². The molecule has 4 heteroatoms. The number of methoxy groups -OCH3 is 1. The van der Waals surface area contributed by atoms with Crippen LogP contribution in [-0.4, -0.2) is 42.4 Å². The molecule has 1 rings (SSSR count). The van der Waals surface area contributed by atoms with Gasteiger partial charge < -0.3 is 19.7 Å². The van der Waals surface area contributed by atoms with Gasteiger partial charge in [0, 0.05) is 13.0 Å². The van der Waals surface area contributed by atoms with E-state index in [4.69, 9.17) is 14.6 Å². The Morgan fingerprint density at radius 3 is 2.45 bits per heavy atom. The molecule has 0 unspecified atom stereocenters. The molecule has 11 heavy (non-hydrogen) atoms. The van der Waals surface area contributed by atoms with Crippen LogP contribution in [0.1, 0.15) is 6.92 Å². The van der Waals surface area contributed by atoms with Crippen LogP contribution < -0.4 is 0 Å². The first-order valence-electron chi connectivity index (χ1n) is 3.68. The van der Waals surface area contributed by atoms with E-state index < -0.39 is 12.2 Å². The molecule has 1 heterocycles. The van der Waals surface area contributed by atoms with Crippen LogP contribution in [-0.2, 0) is 9.47 Å². The maximum atomic E-state index is 9.39. The quantitative estimate of drug-likeness (QED) is 0.566. The van der Waals surface area contributed by atoms with Crippen LogP contribution in [0.25, 0.3) is 0 Å². The molecule has 0 radical (unpaired) electrons. The molecule has 1 fully saturated rings. The highest BCUT2D eigenvalue weighted by atomic mass is 16.7. The van der Waals surface area contributed by atoms with Crippen molar-refractivity contribution in [3.63, 3.8) is 0 Å². The number of aliphatic hydroxyl groups excluding tert-OH is 2. The third-order valence-electron chi connectivity index (χ3n) is 2.07. The van der Waals surface area contributed by atoms with Crippen LogP contribution in [0.4, 0.5) is 0 Å². The summed E-state index contributed by atoms with van der Waals surface area (Å²) in [5.74, 6) is -0.0721. The summed E-state index contributed by atoms with van der Waals surface area (Å²) < 4.78 is 10.1. The lowest BCUT2D eigenvalue weighted by Crippen LogP contribution is -2.28. The summed E-state index contributed by atoms with van der Waals surface area (Å²) in [6, 6.07) is 0. The molecule has 1 saturated heterocycles. The maximum Gasteiger partial charge on any atom is 0.162 e. The predicted molar refractivity (Wildman–Crippen MR) is 37.9 cm³/mol. The standard InChI is InChI=1S/C7H14O4/c1-4-6(9)5(3-8)11-7(4)10-2/h4-9H,3H2,1-2H3/t4-,5+,6-,7-/m0/s1. The molecule has 0 aliphatic carbocycles. The van der Waals surface area contributed by atoms with E-state index in [1.165, 1.54) is 7.11 Å². The van der Waals surface area contributed by atoms with Gasteiger partial charge in [-0.2, -0.15) is 0 Å². The summed E-state index contributed by atoms with van der Waals surface area (Å²) in [5.41, 5.74) is 0. The van der Waals surface area contributed by atoms with Gasteiger partial charge in [-0.3, -0.25) is 0 Å². The molecule has 0 aromatic heterocycles. The molecule has 0 aromatic rings. The second kappa shape index (κ2) is 3.49. The summed E-state index contributed by atoms with van der Waals surface area (Å²) >= 11 is 0. The third-order valence-corrected chi connectivity index (χ3v) is 2.07. The van der Waals surface area contributed by atoms with E-state index in [1.54, 1.807) is 0 Å². The van der Waals surface area contributed by atoms with Crippen LogP contribution in [0.3, 0.4) is 0 Å². The Balaban J connectivity index is 2.53. The maximum absolute atomic E-state index is 9.39. The van der Waals surface area contributed by atoms with Crippen molar-refractivity contribution < 1.29 is 19.7 Å². The third kappa shape index (κ3) is 1.54. The molecular formula is C7H14O4. The van der Waals surface area contributed by atoms with Gasteiger partial charge in [0.15, 0.2) is 6.29 Å². The molecule has 4 nitrogen and oxygen atoms in total. The Labute approximate surface area is 65.7 Å². The average molecular weight is 162 g/mol. The van der Waals surface area contributed by atoms with Crippen molar-refractivity contribution in [2.24, 2.45) is 5.92 Å². The first-order valence-corrected chi connectivity index (χ1v) is 3.68. The molecule has 0 amide bonds. The van der Waals surface area contributed by atoms with Gasteiger partial charge in [0.1, 0.15) is 6.10 Å². The van der Waals surface area contributed by atoms with Gasteiger partial charge in [0.05, 0.1) is 12.7 Å². The average Bonchev–Trinajstić information content (AvgIpc) is 2.30. The Morgan fingerprint density at radius 1 is 1.55 bits per heavy atom. The summed E-state index contributed by atoms with van der Waals surface area (Å²) in [6.45, 7) is 1.67. The molecule has 2 N–H and O–H groups in total. The summed E-state index contributed by atoms with van der Waals surface area (Å²) in [6.07, 6.45) is -1.50. The highest BCUT2D eigenvalue weighted by Gasteiger charge is 2.40. The molecule has 0 bridgehead atoms. The van der Waals surface area contributed by atoms with Gasteiger partial charge in [-0.15, -0.1) is 0 Å². The Hall–Kier alpha value is -0.160. The van der Waals surface area contributed by atoms with E-state index >= 15 is 0 Å². The Bertz CT molecular complexity index is 110. The zero-order chi connectivity index (χ0) is 8.43. The fourth-order valence-corrected chi connectivity index (χ4v) is 1.30. The van der Waals surface area contributed by atoms with Crippen molar-refractivity contribution in [1.29, 1.82) is 0 Å². The zero-order valence-electron chi connectivity index (χ0n) is 6.73. The molecule has 66 valence electrons. The second-order valence-electron chi connectivity index (χ2n) is 2.81. The highest BCUT2D eigenvalue weighted by molar-refractivity contribution is 4.83. The molecule has 0 aromatic carbocycles. The van der Waals surface area contributed by atoms with E-state index in [2.05, 4.69) is 0 Å². The van der Waals surface area contributed by atoms with E-state index in [0.717, 1.165) is 0 Å². The Morgan fingerprint density at radius 2 is 2.18 bits per heavy atom. The van der Waals surface area contributed by atoms with Crippen LogP contribution >= 0.6 is 0 Å². The normalized spacial score (nSPS) is 44.7. The van der Waals surface area contributed by atoms with Gasteiger partial charge in [0.25, 0.3) is 0 Å². The minimum Gasteiger partial charge on any atom is -0.394 e. The molecule has 0 spiro atoms. The lowest BCUT2D eigenvalue weighted by Gasteiger charge is -2.12. The number of hydrogen-bond acceptors (Lipinski definition) is 4. The van der Waals surface area contributed by atoms with E-state index in [9.17, 15) is 5.11 Å². The smallest absolute Gasteiger partial charge is 0.162 e. The number of ether oxygens (including phenoxy) is 2. The molecule has 0 saturated carbocycles. The van der Waals surface area contributed by atoms with Crippen LogP contribution in [0, 0.1) is 5.92 Å². The molecular weight excluding hydrogens is 148 g/mol.